The average molecular weight is 378 g/mol. The summed E-state index contributed by atoms with van der Waals surface area (Å²) in [4.78, 5) is 6.20. The zero-order valence-corrected chi connectivity index (χ0v) is 15.1. The van der Waals surface area contributed by atoms with Gasteiger partial charge in [0.05, 0.1) is 21.5 Å². The van der Waals surface area contributed by atoms with E-state index in [-0.39, 0.29) is 10.6 Å². The van der Waals surface area contributed by atoms with Gasteiger partial charge in [-0.1, -0.05) is 17.4 Å². The van der Waals surface area contributed by atoms with E-state index in [2.05, 4.69) is 34.0 Å². The van der Waals surface area contributed by atoms with Crippen LogP contribution in [0.1, 0.15) is 19.4 Å². The Balaban J connectivity index is 1.85. The second-order valence-electron chi connectivity index (χ2n) is 5.54. The van der Waals surface area contributed by atoms with Crippen molar-refractivity contribution in [3.8, 4) is 0 Å². The number of fused-ring (bicyclic) bond motifs is 1. The summed E-state index contributed by atoms with van der Waals surface area (Å²) in [5, 5.41) is 8.29. The second kappa shape index (κ2) is 7.41. The number of thiazole rings is 1. The molecule has 0 amide bonds. The smallest absolute Gasteiger partial charge is 0.372 e. The standard InChI is InChI=1S/C18H17F3N4S/c1-3-25(4-2)13-10-8-12(9-11-13)23-24-17-22-16-14(18(19,20)21)6-5-7-15(16)26-17/h5-11H,3-4H2,1-2H3/b24-23+. The van der Waals surface area contributed by atoms with Gasteiger partial charge in [0.15, 0.2) is 0 Å². The Hall–Kier alpha value is -2.48. The van der Waals surface area contributed by atoms with Crippen LogP contribution in [-0.2, 0) is 6.18 Å². The van der Waals surface area contributed by atoms with Crippen LogP contribution in [0, 0.1) is 0 Å². The Morgan fingerprint density at radius 3 is 2.31 bits per heavy atom. The molecule has 2 aromatic carbocycles. The molecule has 3 rings (SSSR count). The maximum atomic E-state index is 13.0. The number of hydrogen-bond donors (Lipinski definition) is 0. The highest BCUT2D eigenvalue weighted by Gasteiger charge is 2.33. The summed E-state index contributed by atoms with van der Waals surface area (Å²) in [7, 11) is 0. The zero-order valence-electron chi connectivity index (χ0n) is 14.3. The van der Waals surface area contributed by atoms with Crippen LogP contribution < -0.4 is 4.90 Å². The third-order valence-corrected chi connectivity index (χ3v) is 4.85. The third kappa shape index (κ3) is 3.85. The fourth-order valence-corrected chi connectivity index (χ4v) is 3.44. The maximum Gasteiger partial charge on any atom is 0.418 e. The zero-order chi connectivity index (χ0) is 18.7. The lowest BCUT2D eigenvalue weighted by molar-refractivity contribution is -0.136. The topological polar surface area (TPSA) is 40.9 Å². The number of halogens is 3. The summed E-state index contributed by atoms with van der Waals surface area (Å²) in [5.74, 6) is 0. The van der Waals surface area contributed by atoms with Crippen LogP contribution in [0.5, 0.6) is 0 Å². The number of alkyl halides is 3. The molecule has 0 bridgehead atoms. The van der Waals surface area contributed by atoms with Crippen molar-refractivity contribution in [2.24, 2.45) is 10.2 Å². The molecule has 26 heavy (non-hydrogen) atoms. The van der Waals surface area contributed by atoms with Crippen LogP contribution in [0.15, 0.2) is 52.7 Å². The van der Waals surface area contributed by atoms with E-state index in [9.17, 15) is 13.2 Å². The lowest BCUT2D eigenvalue weighted by atomic mass is 10.2. The summed E-state index contributed by atoms with van der Waals surface area (Å²) < 4.78 is 39.6. The molecule has 0 N–H and O–H groups in total. The Kier molecular flexibility index (Phi) is 5.22. The molecule has 136 valence electrons. The molecule has 0 saturated carbocycles. The van der Waals surface area contributed by atoms with Crippen molar-refractivity contribution >= 4 is 38.1 Å². The van der Waals surface area contributed by atoms with E-state index in [1.165, 1.54) is 6.07 Å². The van der Waals surface area contributed by atoms with Gasteiger partial charge in [0.2, 0.25) is 5.13 Å². The largest absolute Gasteiger partial charge is 0.418 e. The minimum Gasteiger partial charge on any atom is -0.372 e. The summed E-state index contributed by atoms with van der Waals surface area (Å²) in [6.07, 6.45) is -4.44. The molecule has 0 aliphatic rings. The minimum absolute atomic E-state index is 0.0872. The van der Waals surface area contributed by atoms with E-state index in [1.54, 1.807) is 6.07 Å². The fourth-order valence-electron chi connectivity index (χ4n) is 2.63. The van der Waals surface area contributed by atoms with Crippen molar-refractivity contribution < 1.29 is 13.2 Å². The number of benzene rings is 2. The van der Waals surface area contributed by atoms with E-state index >= 15 is 0 Å². The maximum absolute atomic E-state index is 13.0. The van der Waals surface area contributed by atoms with Crippen LogP contribution in [-0.4, -0.2) is 18.1 Å². The number of nitrogens with zero attached hydrogens (tertiary/aromatic N) is 4. The van der Waals surface area contributed by atoms with Crippen molar-refractivity contribution in [1.82, 2.24) is 4.98 Å². The van der Waals surface area contributed by atoms with E-state index in [1.807, 2.05) is 24.3 Å². The Morgan fingerprint density at radius 1 is 1.00 bits per heavy atom. The normalized spacial score (nSPS) is 12.2. The fraction of sp³-hybridized carbons (Fsp3) is 0.278. The summed E-state index contributed by atoms with van der Waals surface area (Å²) in [6, 6.07) is 11.5. The number of aromatic nitrogens is 1. The Morgan fingerprint density at radius 2 is 1.69 bits per heavy atom. The monoisotopic (exact) mass is 378 g/mol. The number of anilines is 1. The first kappa shape index (κ1) is 18.3. The minimum atomic E-state index is -4.44. The van der Waals surface area contributed by atoms with Gasteiger partial charge in [0.25, 0.3) is 0 Å². The van der Waals surface area contributed by atoms with E-state index in [4.69, 9.17) is 0 Å². The number of azo groups is 1. The number of rotatable bonds is 5. The molecular formula is C18H17F3N4S. The van der Waals surface area contributed by atoms with Gasteiger partial charge in [0, 0.05) is 18.8 Å². The predicted octanol–water partition coefficient (Wildman–Crippen LogP) is 6.58. The van der Waals surface area contributed by atoms with Crippen molar-refractivity contribution in [3.05, 3.63) is 48.0 Å². The molecule has 0 spiro atoms. The van der Waals surface area contributed by atoms with Crippen LogP contribution in [0.25, 0.3) is 10.2 Å². The highest BCUT2D eigenvalue weighted by Crippen LogP contribution is 2.38. The third-order valence-electron chi connectivity index (χ3n) is 3.94. The van der Waals surface area contributed by atoms with Crippen molar-refractivity contribution in [2.45, 2.75) is 20.0 Å². The number of hydrogen-bond acceptors (Lipinski definition) is 5. The molecule has 4 nitrogen and oxygen atoms in total. The lowest BCUT2D eigenvalue weighted by Gasteiger charge is -2.20. The molecule has 0 atom stereocenters. The molecule has 8 heteroatoms. The van der Waals surface area contributed by atoms with Crippen LogP contribution in [0.4, 0.5) is 29.7 Å². The van der Waals surface area contributed by atoms with Gasteiger partial charge in [-0.2, -0.15) is 13.2 Å². The Bertz CT molecular complexity index is 912. The molecule has 0 fully saturated rings. The summed E-state index contributed by atoms with van der Waals surface area (Å²) in [6.45, 7) is 5.98. The van der Waals surface area contributed by atoms with Crippen molar-refractivity contribution in [1.29, 1.82) is 0 Å². The van der Waals surface area contributed by atoms with Gasteiger partial charge in [0.1, 0.15) is 0 Å². The van der Waals surface area contributed by atoms with E-state index in [0.717, 1.165) is 36.2 Å². The molecule has 1 aromatic heterocycles. The molecule has 0 saturated heterocycles. The van der Waals surface area contributed by atoms with E-state index < -0.39 is 11.7 Å². The molecular weight excluding hydrogens is 361 g/mol. The highest BCUT2D eigenvalue weighted by atomic mass is 32.1. The summed E-state index contributed by atoms with van der Waals surface area (Å²) in [5.41, 5.74) is 0.868. The van der Waals surface area contributed by atoms with Gasteiger partial charge in [-0.3, -0.25) is 0 Å². The van der Waals surface area contributed by atoms with Crippen molar-refractivity contribution in [3.63, 3.8) is 0 Å². The first-order valence-corrected chi connectivity index (χ1v) is 8.97. The average Bonchev–Trinajstić information content (AvgIpc) is 3.04. The van der Waals surface area contributed by atoms with Gasteiger partial charge in [-0.25, -0.2) is 4.98 Å². The SMILES string of the molecule is CCN(CC)c1ccc(/N=N/c2nc3c(C(F)(F)F)cccc3s2)cc1. The van der Waals surface area contributed by atoms with E-state index in [0.29, 0.717) is 10.4 Å². The second-order valence-corrected chi connectivity index (χ2v) is 6.54. The van der Waals surface area contributed by atoms with Crippen LogP contribution in [0.2, 0.25) is 0 Å². The predicted molar refractivity (Wildman–Crippen MR) is 98.8 cm³/mol. The molecule has 0 radical (unpaired) electrons. The molecule has 0 unspecified atom stereocenters. The van der Waals surface area contributed by atoms with Gasteiger partial charge in [-0.15, -0.1) is 10.2 Å². The first-order valence-electron chi connectivity index (χ1n) is 8.16. The quantitative estimate of drug-likeness (QED) is 0.471. The summed E-state index contributed by atoms with van der Waals surface area (Å²) >= 11 is 1.08. The highest BCUT2D eigenvalue weighted by molar-refractivity contribution is 7.21. The van der Waals surface area contributed by atoms with Gasteiger partial charge < -0.3 is 4.90 Å². The van der Waals surface area contributed by atoms with Gasteiger partial charge >= 0.3 is 6.18 Å². The first-order chi connectivity index (χ1) is 12.4. The molecule has 0 aliphatic carbocycles. The molecule has 1 heterocycles. The lowest BCUT2D eigenvalue weighted by Crippen LogP contribution is -2.21. The van der Waals surface area contributed by atoms with Gasteiger partial charge in [-0.05, 0) is 50.2 Å². The van der Waals surface area contributed by atoms with Crippen molar-refractivity contribution in [2.75, 3.05) is 18.0 Å². The molecule has 3 aromatic rings. The Labute approximate surface area is 153 Å². The van der Waals surface area contributed by atoms with Crippen LogP contribution >= 0.6 is 11.3 Å². The van der Waals surface area contributed by atoms with Crippen LogP contribution in [0.3, 0.4) is 0 Å². The molecule has 0 aliphatic heterocycles. The number of para-hydroxylation sites is 1.